The smallest absolute Gasteiger partial charge is 0.336 e. The Bertz CT molecular complexity index is 972. The van der Waals surface area contributed by atoms with Crippen LogP contribution in [0.2, 0.25) is 0 Å². The summed E-state index contributed by atoms with van der Waals surface area (Å²) in [4.78, 5) is 32.9. The van der Waals surface area contributed by atoms with Crippen LogP contribution in [0.4, 0.5) is 0 Å². The number of hydrogen-bond donors (Lipinski definition) is 6. The minimum absolute atomic E-state index is 0.228. The molecule has 2 heterocycles. The van der Waals surface area contributed by atoms with Crippen LogP contribution in [-0.2, 0) is 27.5 Å². The number of aliphatic hydroxyl groups is 3. The molecule has 1 aliphatic rings. The summed E-state index contributed by atoms with van der Waals surface area (Å²) >= 11 is 0. The minimum atomic E-state index is -2.74. The van der Waals surface area contributed by atoms with E-state index < -0.39 is 36.4 Å². The van der Waals surface area contributed by atoms with Crippen LogP contribution in [0.15, 0.2) is 30.5 Å². The molecule has 1 atom stereocenters. The Labute approximate surface area is 196 Å². The highest BCUT2D eigenvalue weighted by molar-refractivity contribution is 5.88. The predicted molar refractivity (Wildman–Crippen MR) is 121 cm³/mol. The molecule has 1 fully saturated rings. The van der Waals surface area contributed by atoms with Gasteiger partial charge in [0.2, 0.25) is 0 Å². The summed E-state index contributed by atoms with van der Waals surface area (Å²) < 4.78 is 2.25. The summed E-state index contributed by atoms with van der Waals surface area (Å²) in [6.07, 6.45) is 1.82. The van der Waals surface area contributed by atoms with E-state index in [0.717, 1.165) is 39.0 Å². The van der Waals surface area contributed by atoms with Crippen molar-refractivity contribution in [1.82, 2.24) is 9.47 Å². The topological polar surface area (TPSA) is 181 Å². The molecule has 1 saturated heterocycles. The maximum Gasteiger partial charge on any atom is 0.336 e. The molecule has 1 aromatic heterocycles. The lowest BCUT2D eigenvalue weighted by Gasteiger charge is -2.18. The molecular weight excluding hydrogens is 448 g/mol. The van der Waals surface area contributed by atoms with E-state index in [9.17, 15) is 19.5 Å². The Morgan fingerprint density at radius 2 is 1.68 bits per heavy atom. The molecule has 1 aliphatic heterocycles. The average molecular weight is 481 g/mol. The maximum atomic E-state index is 10.3. The number of carbonyl (C=O) groups is 3. The van der Waals surface area contributed by atoms with Gasteiger partial charge in [0.1, 0.15) is 0 Å². The van der Waals surface area contributed by atoms with Crippen LogP contribution < -0.4 is 0 Å². The van der Waals surface area contributed by atoms with Gasteiger partial charge in [0.25, 0.3) is 0 Å². The highest BCUT2D eigenvalue weighted by atomic mass is 16.4. The molecule has 0 aliphatic carbocycles. The number of carboxylic acids is 3. The van der Waals surface area contributed by atoms with Crippen molar-refractivity contribution in [3.63, 3.8) is 0 Å². The fourth-order valence-electron chi connectivity index (χ4n) is 4.04. The molecule has 6 N–H and O–H groups in total. The minimum Gasteiger partial charge on any atom is -0.481 e. The SMILES string of the molecule is O=C(O)CC(O)(CC(=O)O)C(=O)O.OCCCn1cc(CN2CCC(CO)C2)c2ccccc21. The monoisotopic (exact) mass is 480 g/mol. The Morgan fingerprint density at radius 3 is 2.21 bits per heavy atom. The van der Waals surface area contributed by atoms with Crippen LogP contribution >= 0.6 is 0 Å². The van der Waals surface area contributed by atoms with Gasteiger partial charge in [-0.05, 0) is 36.9 Å². The second-order valence-corrected chi connectivity index (χ2v) is 8.49. The third kappa shape index (κ3) is 7.52. The Balaban J connectivity index is 0.000000273. The van der Waals surface area contributed by atoms with Gasteiger partial charge in [-0.3, -0.25) is 14.5 Å². The highest BCUT2D eigenvalue weighted by Crippen LogP contribution is 2.25. The van der Waals surface area contributed by atoms with E-state index in [1.807, 2.05) is 0 Å². The third-order valence-corrected chi connectivity index (χ3v) is 5.74. The average Bonchev–Trinajstić information content (AvgIpc) is 3.36. The number of aryl methyl sites for hydroxylation is 1. The predicted octanol–water partition coefficient (Wildman–Crippen LogP) is 0.589. The molecule has 188 valence electrons. The molecule has 0 amide bonds. The van der Waals surface area contributed by atoms with E-state index in [1.54, 1.807) is 0 Å². The van der Waals surface area contributed by atoms with Crippen LogP contribution in [0.1, 0.15) is 31.2 Å². The van der Waals surface area contributed by atoms with E-state index in [-0.39, 0.29) is 6.61 Å². The molecule has 0 bridgehead atoms. The normalized spacial score (nSPS) is 16.3. The summed E-state index contributed by atoms with van der Waals surface area (Å²) in [6, 6.07) is 8.48. The largest absolute Gasteiger partial charge is 0.481 e. The molecule has 1 aromatic carbocycles. The van der Waals surface area contributed by atoms with Gasteiger partial charge in [-0.25, -0.2) is 4.79 Å². The molecule has 0 spiro atoms. The van der Waals surface area contributed by atoms with E-state index in [4.69, 9.17) is 25.5 Å². The fourth-order valence-corrected chi connectivity index (χ4v) is 4.04. The lowest BCUT2D eigenvalue weighted by molar-refractivity contribution is -0.170. The molecule has 11 nitrogen and oxygen atoms in total. The van der Waals surface area contributed by atoms with Gasteiger partial charge in [-0.15, -0.1) is 0 Å². The van der Waals surface area contributed by atoms with Gasteiger partial charge in [0.15, 0.2) is 5.60 Å². The van der Waals surface area contributed by atoms with Gasteiger partial charge in [-0.1, -0.05) is 18.2 Å². The van der Waals surface area contributed by atoms with Crippen molar-refractivity contribution in [3.8, 4) is 0 Å². The van der Waals surface area contributed by atoms with Gasteiger partial charge in [-0.2, -0.15) is 0 Å². The summed E-state index contributed by atoms with van der Waals surface area (Å²) in [5.41, 5.74) is -0.140. The third-order valence-electron chi connectivity index (χ3n) is 5.74. The zero-order chi connectivity index (χ0) is 25.3. The van der Waals surface area contributed by atoms with Gasteiger partial charge >= 0.3 is 17.9 Å². The molecular formula is C23H32N2O9. The first-order valence-corrected chi connectivity index (χ1v) is 11.0. The number of likely N-dealkylation sites (tertiary alicyclic amines) is 1. The fraction of sp³-hybridized carbons (Fsp3) is 0.522. The first kappa shape index (κ1) is 27.3. The first-order valence-electron chi connectivity index (χ1n) is 11.0. The summed E-state index contributed by atoms with van der Waals surface area (Å²) in [5.74, 6) is -4.58. The molecule has 0 saturated carbocycles. The number of fused-ring (bicyclic) bond motifs is 1. The lowest BCUT2D eigenvalue weighted by atomic mass is 9.96. The van der Waals surface area contributed by atoms with E-state index in [1.165, 1.54) is 16.5 Å². The van der Waals surface area contributed by atoms with Crippen molar-refractivity contribution in [2.75, 3.05) is 26.3 Å². The molecule has 11 heteroatoms. The number of hydrogen-bond acceptors (Lipinski definition) is 7. The number of aliphatic carboxylic acids is 3. The van der Waals surface area contributed by atoms with E-state index in [2.05, 4.69) is 39.9 Å². The number of aliphatic hydroxyl groups excluding tert-OH is 2. The molecule has 0 radical (unpaired) electrons. The van der Waals surface area contributed by atoms with Crippen molar-refractivity contribution in [3.05, 3.63) is 36.0 Å². The van der Waals surface area contributed by atoms with Crippen molar-refractivity contribution in [2.24, 2.45) is 5.92 Å². The molecule has 3 rings (SSSR count). The summed E-state index contributed by atoms with van der Waals surface area (Å²) in [7, 11) is 0. The van der Waals surface area contributed by atoms with Gasteiger partial charge in [0, 0.05) is 49.9 Å². The first-order chi connectivity index (χ1) is 16.1. The Morgan fingerprint density at radius 1 is 1.03 bits per heavy atom. The number of nitrogens with zero attached hydrogens (tertiary/aromatic N) is 2. The zero-order valence-electron chi connectivity index (χ0n) is 18.8. The highest BCUT2D eigenvalue weighted by Gasteiger charge is 2.40. The maximum absolute atomic E-state index is 10.3. The Hall–Kier alpha value is -2.99. The number of carboxylic acid groups (broad SMARTS) is 3. The zero-order valence-corrected chi connectivity index (χ0v) is 18.8. The summed E-state index contributed by atoms with van der Waals surface area (Å²) in [6.45, 7) is 4.40. The quantitative estimate of drug-likeness (QED) is 0.266. The van der Waals surface area contributed by atoms with Crippen LogP contribution in [0.25, 0.3) is 10.9 Å². The summed E-state index contributed by atoms with van der Waals surface area (Å²) in [5, 5.41) is 53.4. The second-order valence-electron chi connectivity index (χ2n) is 8.49. The van der Waals surface area contributed by atoms with E-state index >= 15 is 0 Å². The standard InChI is InChI=1S/C17H24N2O2.C6H8O7/c20-9-3-7-19-12-15(16-4-1-2-5-17(16)19)11-18-8-6-14(10-18)13-21;7-3(8)1-6(13,5(11)12)2-4(9)10/h1-2,4-5,12,14,20-21H,3,6-11,13H2;13H,1-2H2,(H,7,8)(H,9,10)(H,11,12). The molecule has 34 heavy (non-hydrogen) atoms. The number of para-hydroxylation sites is 1. The molecule has 2 aromatic rings. The van der Waals surface area contributed by atoms with Crippen LogP contribution in [0, 0.1) is 5.92 Å². The van der Waals surface area contributed by atoms with Crippen molar-refractivity contribution < 1.29 is 45.0 Å². The number of benzene rings is 1. The van der Waals surface area contributed by atoms with Crippen LogP contribution in [0.3, 0.4) is 0 Å². The van der Waals surface area contributed by atoms with Gasteiger partial charge in [0.05, 0.1) is 12.8 Å². The van der Waals surface area contributed by atoms with Crippen molar-refractivity contribution in [1.29, 1.82) is 0 Å². The number of rotatable bonds is 11. The van der Waals surface area contributed by atoms with Crippen LogP contribution in [-0.4, -0.2) is 89.9 Å². The second kappa shape index (κ2) is 12.5. The lowest BCUT2D eigenvalue weighted by Crippen LogP contribution is -2.42. The Kier molecular flexibility index (Phi) is 9.99. The van der Waals surface area contributed by atoms with Crippen molar-refractivity contribution >= 4 is 28.8 Å². The van der Waals surface area contributed by atoms with Crippen LogP contribution in [0.5, 0.6) is 0 Å². The van der Waals surface area contributed by atoms with Gasteiger partial charge < -0.3 is 35.2 Å². The van der Waals surface area contributed by atoms with Crippen molar-refractivity contribution in [2.45, 2.75) is 44.4 Å². The number of aromatic nitrogens is 1. The van der Waals surface area contributed by atoms with E-state index in [0.29, 0.717) is 12.5 Å². The molecule has 1 unspecified atom stereocenters.